The molecule has 1 aliphatic rings. The van der Waals surface area contributed by atoms with Gasteiger partial charge < -0.3 is 14.6 Å². The summed E-state index contributed by atoms with van der Waals surface area (Å²) in [6.45, 7) is 2.67. The summed E-state index contributed by atoms with van der Waals surface area (Å²) in [6.07, 6.45) is 1.66. The first-order chi connectivity index (χ1) is 12.5. The molecule has 0 fully saturated rings. The maximum atomic E-state index is 14.1. The Hall–Kier alpha value is -2.44. The number of rotatable bonds is 3. The minimum absolute atomic E-state index is 0.0287. The second kappa shape index (κ2) is 6.37. The fraction of sp³-hybridized carbons (Fsp3) is 0.263. The average Bonchev–Trinajstić information content (AvgIpc) is 2.96. The Bertz CT molecular complexity index is 1020. The highest BCUT2D eigenvalue weighted by Crippen LogP contribution is 2.38. The van der Waals surface area contributed by atoms with Crippen LogP contribution in [0.15, 0.2) is 36.5 Å². The van der Waals surface area contributed by atoms with E-state index in [0.717, 1.165) is 5.52 Å². The number of aliphatic hydroxyl groups excluding tert-OH is 1. The van der Waals surface area contributed by atoms with Crippen LogP contribution in [0.25, 0.3) is 22.2 Å². The van der Waals surface area contributed by atoms with Crippen molar-refractivity contribution < 1.29 is 14.3 Å². The second-order valence-electron chi connectivity index (χ2n) is 6.41. The van der Waals surface area contributed by atoms with Crippen LogP contribution in [0.2, 0.25) is 5.02 Å². The second-order valence-corrected chi connectivity index (χ2v) is 6.81. The maximum Gasteiger partial charge on any atom is 0.271 e. The number of hydrogen-bond acceptors (Lipinski definition) is 3. The molecule has 0 saturated carbocycles. The van der Waals surface area contributed by atoms with Crippen LogP contribution in [0, 0.1) is 5.82 Å². The number of benzene rings is 1. The van der Waals surface area contributed by atoms with Crippen molar-refractivity contribution in [3.63, 3.8) is 0 Å². The zero-order valence-corrected chi connectivity index (χ0v) is 14.9. The molecule has 0 radical (unpaired) electrons. The van der Waals surface area contributed by atoms with Gasteiger partial charge in [0.15, 0.2) is 0 Å². The Morgan fingerprint density at radius 2 is 2.19 bits per heavy atom. The fourth-order valence-corrected chi connectivity index (χ4v) is 3.76. The lowest BCUT2D eigenvalue weighted by molar-refractivity contribution is 0.0573. The third kappa shape index (κ3) is 2.48. The van der Waals surface area contributed by atoms with E-state index in [1.807, 2.05) is 23.6 Å². The Morgan fingerprint density at radius 1 is 1.38 bits per heavy atom. The zero-order chi connectivity index (χ0) is 18.4. The van der Waals surface area contributed by atoms with E-state index in [0.29, 0.717) is 28.9 Å². The first-order valence-corrected chi connectivity index (χ1v) is 8.75. The van der Waals surface area contributed by atoms with Crippen molar-refractivity contribution in [2.75, 3.05) is 13.2 Å². The van der Waals surface area contributed by atoms with Gasteiger partial charge in [-0.3, -0.25) is 9.78 Å². The molecule has 1 atom stereocenters. The van der Waals surface area contributed by atoms with E-state index in [2.05, 4.69) is 4.98 Å². The molecule has 1 unspecified atom stereocenters. The molecule has 4 rings (SSSR count). The largest absolute Gasteiger partial charge is 0.395 e. The van der Waals surface area contributed by atoms with Gasteiger partial charge in [0.1, 0.15) is 11.5 Å². The number of aliphatic hydroxyl groups is 1. The van der Waals surface area contributed by atoms with Gasteiger partial charge in [0.25, 0.3) is 5.91 Å². The predicted octanol–water partition coefficient (Wildman–Crippen LogP) is 3.33. The molecule has 3 heterocycles. The van der Waals surface area contributed by atoms with E-state index in [1.54, 1.807) is 17.2 Å². The van der Waals surface area contributed by atoms with Crippen molar-refractivity contribution in [3.8, 4) is 11.1 Å². The van der Waals surface area contributed by atoms with E-state index >= 15 is 0 Å². The van der Waals surface area contributed by atoms with Gasteiger partial charge in [-0.1, -0.05) is 17.7 Å². The van der Waals surface area contributed by atoms with Crippen molar-refractivity contribution in [2.45, 2.75) is 19.5 Å². The summed E-state index contributed by atoms with van der Waals surface area (Å²) in [5, 5.41) is 9.35. The summed E-state index contributed by atoms with van der Waals surface area (Å²) in [7, 11) is 0. The lowest BCUT2D eigenvalue weighted by Gasteiger charge is -2.34. The highest BCUT2D eigenvalue weighted by Gasteiger charge is 2.35. The minimum atomic E-state index is -0.544. The van der Waals surface area contributed by atoms with E-state index in [9.17, 15) is 14.3 Å². The van der Waals surface area contributed by atoms with Crippen LogP contribution < -0.4 is 0 Å². The van der Waals surface area contributed by atoms with E-state index in [4.69, 9.17) is 11.6 Å². The number of halogens is 2. The summed E-state index contributed by atoms with van der Waals surface area (Å²) < 4.78 is 16.0. The molecule has 26 heavy (non-hydrogen) atoms. The van der Waals surface area contributed by atoms with Gasteiger partial charge in [0.2, 0.25) is 0 Å². The number of pyridine rings is 1. The molecule has 1 aromatic carbocycles. The molecule has 5 nitrogen and oxygen atoms in total. The summed E-state index contributed by atoms with van der Waals surface area (Å²) in [4.78, 5) is 19.3. The van der Waals surface area contributed by atoms with Gasteiger partial charge in [0.05, 0.1) is 22.7 Å². The van der Waals surface area contributed by atoms with Crippen LogP contribution in [0.1, 0.15) is 17.4 Å². The highest BCUT2D eigenvalue weighted by molar-refractivity contribution is 6.30. The first kappa shape index (κ1) is 17.0. The number of nitrogens with zero attached hydrogens (tertiary/aromatic N) is 3. The van der Waals surface area contributed by atoms with Gasteiger partial charge in [-0.25, -0.2) is 4.39 Å². The SMILES string of the molecule is CC1Cn2c(c(-c3ccc(Cl)c(F)c3)c3ncccc32)C(=O)N1CCO. The van der Waals surface area contributed by atoms with Gasteiger partial charge in [-0.15, -0.1) is 0 Å². The molecule has 7 heteroatoms. The third-order valence-corrected chi connectivity index (χ3v) is 5.12. The number of hydrogen-bond donors (Lipinski definition) is 1. The maximum absolute atomic E-state index is 14.1. The summed E-state index contributed by atoms with van der Waals surface area (Å²) >= 11 is 5.82. The molecule has 2 aromatic heterocycles. The van der Waals surface area contributed by atoms with Crippen LogP contribution in [0.3, 0.4) is 0 Å². The lowest BCUT2D eigenvalue weighted by atomic mass is 10.0. The van der Waals surface area contributed by atoms with Crippen LogP contribution >= 0.6 is 11.6 Å². The Balaban J connectivity index is 2.02. The number of aromatic nitrogens is 2. The third-order valence-electron chi connectivity index (χ3n) is 4.81. The number of carbonyl (C=O) groups is 1. The van der Waals surface area contributed by atoms with Crippen LogP contribution in [0.5, 0.6) is 0 Å². The predicted molar refractivity (Wildman–Crippen MR) is 97.7 cm³/mol. The number of fused-ring (bicyclic) bond motifs is 3. The molecule has 1 amide bonds. The molecule has 0 bridgehead atoms. The molecule has 0 saturated heterocycles. The van der Waals surface area contributed by atoms with Crippen LogP contribution in [-0.4, -0.2) is 44.7 Å². The first-order valence-electron chi connectivity index (χ1n) is 8.37. The summed E-state index contributed by atoms with van der Waals surface area (Å²) in [6, 6.07) is 8.16. The molecular weight excluding hydrogens is 357 g/mol. The van der Waals surface area contributed by atoms with E-state index < -0.39 is 5.82 Å². The van der Waals surface area contributed by atoms with Crippen molar-refractivity contribution in [1.82, 2.24) is 14.5 Å². The van der Waals surface area contributed by atoms with Gasteiger partial charge in [-0.2, -0.15) is 0 Å². The van der Waals surface area contributed by atoms with Gasteiger partial charge >= 0.3 is 0 Å². The van der Waals surface area contributed by atoms with Crippen molar-refractivity contribution in [3.05, 3.63) is 53.1 Å². The Kier molecular flexibility index (Phi) is 4.17. The van der Waals surface area contributed by atoms with Crippen LogP contribution in [0.4, 0.5) is 4.39 Å². The van der Waals surface area contributed by atoms with E-state index in [-0.39, 0.29) is 30.1 Å². The van der Waals surface area contributed by atoms with Crippen molar-refractivity contribution in [2.24, 2.45) is 0 Å². The fourth-order valence-electron chi connectivity index (χ4n) is 3.64. The summed E-state index contributed by atoms with van der Waals surface area (Å²) in [5.41, 5.74) is 3.09. The summed E-state index contributed by atoms with van der Waals surface area (Å²) in [5.74, 6) is -0.738. The molecule has 3 aromatic rings. The molecule has 0 spiro atoms. The molecule has 1 aliphatic heterocycles. The van der Waals surface area contributed by atoms with Crippen molar-refractivity contribution in [1.29, 1.82) is 0 Å². The number of carbonyl (C=O) groups excluding carboxylic acids is 1. The topological polar surface area (TPSA) is 58.4 Å². The smallest absolute Gasteiger partial charge is 0.271 e. The van der Waals surface area contributed by atoms with Gasteiger partial charge in [-0.05, 0) is 36.8 Å². The van der Waals surface area contributed by atoms with E-state index in [1.165, 1.54) is 12.1 Å². The molecule has 1 N–H and O–H groups in total. The monoisotopic (exact) mass is 373 g/mol. The Morgan fingerprint density at radius 3 is 2.92 bits per heavy atom. The average molecular weight is 374 g/mol. The number of β-amino-alcohol motifs (C(OH)–C–C–N with tert-alkyl or cyclic N) is 1. The van der Waals surface area contributed by atoms with Crippen molar-refractivity contribution >= 4 is 28.5 Å². The molecule has 0 aliphatic carbocycles. The Labute approximate surface area is 154 Å². The normalized spacial score (nSPS) is 17.0. The zero-order valence-electron chi connectivity index (χ0n) is 14.1. The quantitative estimate of drug-likeness (QED) is 0.766. The molecule has 134 valence electrons. The van der Waals surface area contributed by atoms with Gasteiger partial charge in [0, 0.05) is 30.9 Å². The molecular formula is C19H17ClFN3O2. The lowest BCUT2D eigenvalue weighted by Crippen LogP contribution is -2.47. The van der Waals surface area contributed by atoms with Crippen LogP contribution in [-0.2, 0) is 6.54 Å². The number of amides is 1. The standard InChI is InChI=1S/C19H17ClFN3O2/c1-11-10-24-15-3-2-6-22-17(15)16(12-4-5-13(20)14(21)9-12)18(24)19(26)23(11)7-8-25/h2-6,9,11,25H,7-8,10H2,1H3. The minimum Gasteiger partial charge on any atom is -0.395 e. The highest BCUT2D eigenvalue weighted by atomic mass is 35.5.